The van der Waals surface area contributed by atoms with Crippen molar-refractivity contribution in [3.05, 3.63) is 59.2 Å². The SMILES string of the molecule is O=C(O)c1cc(C=Cc2ccc(O)cc2)ccc1O. The molecule has 0 amide bonds. The van der Waals surface area contributed by atoms with Crippen LogP contribution in [0.25, 0.3) is 12.2 Å². The first-order valence-electron chi connectivity index (χ1n) is 5.60. The van der Waals surface area contributed by atoms with Crippen molar-refractivity contribution in [2.24, 2.45) is 0 Å². The zero-order chi connectivity index (χ0) is 13.8. The number of hydrogen-bond acceptors (Lipinski definition) is 3. The minimum Gasteiger partial charge on any atom is -0.508 e. The van der Waals surface area contributed by atoms with Crippen LogP contribution in [0.4, 0.5) is 0 Å². The lowest BCUT2D eigenvalue weighted by molar-refractivity contribution is 0.0693. The van der Waals surface area contributed by atoms with Crippen molar-refractivity contribution in [2.75, 3.05) is 0 Å². The third-order valence-corrected chi connectivity index (χ3v) is 2.61. The second kappa shape index (κ2) is 5.27. The lowest BCUT2D eigenvalue weighted by atomic mass is 10.1. The van der Waals surface area contributed by atoms with Crippen molar-refractivity contribution in [2.45, 2.75) is 0 Å². The van der Waals surface area contributed by atoms with Crippen LogP contribution in [0.2, 0.25) is 0 Å². The molecule has 0 atom stereocenters. The van der Waals surface area contributed by atoms with Crippen LogP contribution >= 0.6 is 0 Å². The maximum absolute atomic E-state index is 10.9. The standard InChI is InChI=1S/C15H12O4/c16-12-6-3-10(4-7-12)1-2-11-5-8-14(17)13(9-11)15(18)19/h1-9,16-17H,(H,18,19). The highest BCUT2D eigenvalue weighted by Crippen LogP contribution is 2.20. The summed E-state index contributed by atoms with van der Waals surface area (Å²) in [6, 6.07) is 11.0. The van der Waals surface area contributed by atoms with E-state index in [1.807, 2.05) is 0 Å². The normalized spacial score (nSPS) is 10.7. The van der Waals surface area contributed by atoms with E-state index in [2.05, 4.69) is 0 Å². The van der Waals surface area contributed by atoms with Crippen LogP contribution < -0.4 is 0 Å². The third kappa shape index (κ3) is 3.13. The summed E-state index contributed by atoms with van der Waals surface area (Å²) in [5.74, 6) is -1.23. The average Bonchev–Trinajstić information content (AvgIpc) is 2.39. The Hall–Kier alpha value is -2.75. The van der Waals surface area contributed by atoms with E-state index in [0.717, 1.165) is 5.56 Å². The predicted molar refractivity (Wildman–Crippen MR) is 72.1 cm³/mol. The predicted octanol–water partition coefficient (Wildman–Crippen LogP) is 2.97. The minimum absolute atomic E-state index is 0.132. The van der Waals surface area contributed by atoms with Crippen molar-refractivity contribution in [3.63, 3.8) is 0 Å². The molecule has 2 aromatic carbocycles. The van der Waals surface area contributed by atoms with E-state index in [0.29, 0.717) is 5.56 Å². The van der Waals surface area contributed by atoms with Crippen LogP contribution in [0.5, 0.6) is 11.5 Å². The summed E-state index contributed by atoms with van der Waals surface area (Å²) < 4.78 is 0. The van der Waals surface area contributed by atoms with Gasteiger partial charge in [-0.3, -0.25) is 0 Å². The second-order valence-corrected chi connectivity index (χ2v) is 4.01. The van der Waals surface area contributed by atoms with Crippen LogP contribution in [0.1, 0.15) is 21.5 Å². The molecule has 96 valence electrons. The van der Waals surface area contributed by atoms with Gasteiger partial charge in [-0.2, -0.15) is 0 Å². The fraction of sp³-hybridized carbons (Fsp3) is 0. The summed E-state index contributed by atoms with van der Waals surface area (Å²) in [5, 5.41) is 27.4. The highest BCUT2D eigenvalue weighted by molar-refractivity contribution is 5.91. The number of benzene rings is 2. The van der Waals surface area contributed by atoms with E-state index in [1.165, 1.54) is 12.1 Å². The minimum atomic E-state index is -1.17. The van der Waals surface area contributed by atoms with Gasteiger partial charge in [0.15, 0.2) is 0 Å². The van der Waals surface area contributed by atoms with Gasteiger partial charge in [-0.1, -0.05) is 30.4 Å². The van der Waals surface area contributed by atoms with E-state index < -0.39 is 5.97 Å². The largest absolute Gasteiger partial charge is 0.508 e. The average molecular weight is 256 g/mol. The molecular formula is C15H12O4. The molecule has 0 fully saturated rings. The molecule has 0 radical (unpaired) electrons. The van der Waals surface area contributed by atoms with E-state index in [-0.39, 0.29) is 17.1 Å². The Morgan fingerprint density at radius 3 is 2.11 bits per heavy atom. The summed E-state index contributed by atoms with van der Waals surface area (Å²) in [4.78, 5) is 10.9. The van der Waals surface area contributed by atoms with Gasteiger partial charge in [0.2, 0.25) is 0 Å². The molecule has 2 aromatic rings. The number of carboxylic acid groups (broad SMARTS) is 1. The molecule has 4 heteroatoms. The zero-order valence-corrected chi connectivity index (χ0v) is 9.95. The number of phenols is 2. The van der Waals surface area contributed by atoms with E-state index in [4.69, 9.17) is 10.2 Å². The topological polar surface area (TPSA) is 77.8 Å². The Balaban J connectivity index is 2.26. The van der Waals surface area contributed by atoms with Crippen molar-refractivity contribution in [1.29, 1.82) is 0 Å². The summed E-state index contributed by atoms with van der Waals surface area (Å²) in [5.41, 5.74) is 1.42. The molecular weight excluding hydrogens is 244 g/mol. The van der Waals surface area contributed by atoms with Crippen molar-refractivity contribution < 1.29 is 20.1 Å². The zero-order valence-electron chi connectivity index (χ0n) is 9.95. The number of aromatic carboxylic acids is 1. The molecule has 19 heavy (non-hydrogen) atoms. The highest BCUT2D eigenvalue weighted by Gasteiger charge is 2.08. The molecule has 0 spiro atoms. The molecule has 2 rings (SSSR count). The summed E-state index contributed by atoms with van der Waals surface area (Å²) in [6.07, 6.45) is 3.52. The van der Waals surface area contributed by atoms with Gasteiger partial charge in [0.25, 0.3) is 0 Å². The Kier molecular flexibility index (Phi) is 3.52. The lowest BCUT2D eigenvalue weighted by Crippen LogP contribution is -1.96. The lowest BCUT2D eigenvalue weighted by Gasteiger charge is -2.01. The molecule has 0 heterocycles. The first-order chi connectivity index (χ1) is 9.06. The summed E-state index contributed by atoms with van der Waals surface area (Å²) >= 11 is 0. The van der Waals surface area contributed by atoms with Crippen molar-refractivity contribution >= 4 is 18.1 Å². The summed E-state index contributed by atoms with van der Waals surface area (Å²) in [6.45, 7) is 0. The summed E-state index contributed by atoms with van der Waals surface area (Å²) in [7, 11) is 0. The number of hydrogen-bond donors (Lipinski definition) is 3. The van der Waals surface area contributed by atoms with E-state index >= 15 is 0 Å². The highest BCUT2D eigenvalue weighted by atomic mass is 16.4. The van der Waals surface area contributed by atoms with Crippen LogP contribution in [-0.2, 0) is 0 Å². The Morgan fingerprint density at radius 2 is 1.47 bits per heavy atom. The Morgan fingerprint density at radius 1 is 0.895 bits per heavy atom. The fourth-order valence-corrected chi connectivity index (χ4v) is 1.61. The van der Waals surface area contributed by atoms with Gasteiger partial charge in [0, 0.05) is 0 Å². The molecule has 0 aliphatic carbocycles. The smallest absolute Gasteiger partial charge is 0.339 e. The molecule has 0 bridgehead atoms. The molecule has 0 aliphatic rings. The maximum atomic E-state index is 10.9. The van der Waals surface area contributed by atoms with Crippen LogP contribution in [-0.4, -0.2) is 21.3 Å². The fourth-order valence-electron chi connectivity index (χ4n) is 1.61. The quantitative estimate of drug-likeness (QED) is 0.738. The van der Waals surface area contributed by atoms with Crippen LogP contribution in [0.15, 0.2) is 42.5 Å². The third-order valence-electron chi connectivity index (χ3n) is 2.61. The van der Waals surface area contributed by atoms with Gasteiger partial charge >= 0.3 is 5.97 Å². The van der Waals surface area contributed by atoms with E-state index in [9.17, 15) is 9.90 Å². The van der Waals surface area contributed by atoms with E-state index in [1.54, 1.807) is 42.5 Å². The van der Waals surface area contributed by atoms with Crippen molar-refractivity contribution in [1.82, 2.24) is 0 Å². The molecule has 0 aromatic heterocycles. The Labute approximate surface area is 109 Å². The van der Waals surface area contributed by atoms with Gasteiger partial charge in [0.1, 0.15) is 17.1 Å². The number of aromatic hydroxyl groups is 2. The Bertz CT molecular complexity index is 627. The van der Waals surface area contributed by atoms with Gasteiger partial charge < -0.3 is 15.3 Å². The van der Waals surface area contributed by atoms with Crippen molar-refractivity contribution in [3.8, 4) is 11.5 Å². The second-order valence-electron chi connectivity index (χ2n) is 4.01. The number of carbonyl (C=O) groups is 1. The molecule has 0 saturated carbocycles. The number of phenolic OH excluding ortho intramolecular Hbond substituents is 1. The molecule has 3 N–H and O–H groups in total. The molecule has 0 saturated heterocycles. The molecule has 0 aliphatic heterocycles. The molecule has 0 unspecified atom stereocenters. The van der Waals surface area contributed by atoms with Gasteiger partial charge in [-0.05, 0) is 35.4 Å². The maximum Gasteiger partial charge on any atom is 0.339 e. The molecule has 4 nitrogen and oxygen atoms in total. The van der Waals surface area contributed by atoms with Crippen LogP contribution in [0, 0.1) is 0 Å². The number of carboxylic acids is 1. The van der Waals surface area contributed by atoms with Crippen LogP contribution in [0.3, 0.4) is 0 Å². The first-order valence-corrected chi connectivity index (χ1v) is 5.60. The van der Waals surface area contributed by atoms with Gasteiger partial charge in [0.05, 0.1) is 0 Å². The first kappa shape index (κ1) is 12.7. The monoisotopic (exact) mass is 256 g/mol. The van der Waals surface area contributed by atoms with Gasteiger partial charge in [-0.15, -0.1) is 0 Å². The number of rotatable bonds is 3. The van der Waals surface area contributed by atoms with Gasteiger partial charge in [-0.25, -0.2) is 4.79 Å².